The Morgan fingerprint density at radius 3 is 2.54 bits per heavy atom. The summed E-state index contributed by atoms with van der Waals surface area (Å²) < 4.78 is 13.3. The maximum absolute atomic E-state index is 13.3. The fourth-order valence-electron chi connectivity index (χ4n) is 3.67. The molecule has 2 fully saturated rings. The summed E-state index contributed by atoms with van der Waals surface area (Å²) >= 11 is 6.24. The first-order valence-corrected chi connectivity index (χ1v) is 9.93. The van der Waals surface area contributed by atoms with Crippen LogP contribution in [-0.2, 0) is 5.41 Å². The number of benzene rings is 1. The number of halogens is 2. The largest absolute Gasteiger partial charge is 0.356 e. The first-order valence-electron chi connectivity index (χ1n) is 9.56. The fraction of sp³-hybridized carbons (Fsp3) is 0.650. The average molecular weight is 381 g/mol. The van der Waals surface area contributed by atoms with Crippen LogP contribution in [0.5, 0.6) is 0 Å². The third-order valence-electron chi connectivity index (χ3n) is 5.52. The molecule has 0 atom stereocenters. The number of nitrogens with one attached hydrogen (secondary N) is 2. The second kappa shape index (κ2) is 8.13. The Kier molecular flexibility index (Phi) is 6.08. The molecule has 0 unspecified atom stereocenters. The molecule has 1 aliphatic heterocycles. The van der Waals surface area contributed by atoms with Crippen molar-refractivity contribution in [3.63, 3.8) is 0 Å². The van der Waals surface area contributed by atoms with Crippen LogP contribution in [0.1, 0.15) is 45.1 Å². The minimum Gasteiger partial charge on any atom is -0.356 e. The average Bonchev–Trinajstić information content (AvgIpc) is 3.44. The van der Waals surface area contributed by atoms with E-state index in [1.165, 1.54) is 38.1 Å². The SMILES string of the molecule is CN=C(NCC(C)(C)c1ccc(F)cc1Cl)NC1CCN(C2CC2)CC1. The molecule has 0 spiro atoms. The molecule has 1 saturated carbocycles. The Morgan fingerprint density at radius 1 is 1.27 bits per heavy atom. The van der Waals surface area contributed by atoms with Gasteiger partial charge in [-0.15, -0.1) is 0 Å². The zero-order valence-electron chi connectivity index (χ0n) is 16.0. The van der Waals surface area contributed by atoms with Crippen molar-refractivity contribution in [2.75, 3.05) is 26.7 Å². The van der Waals surface area contributed by atoms with Crippen LogP contribution in [0.4, 0.5) is 4.39 Å². The third kappa shape index (κ3) is 4.89. The number of rotatable bonds is 5. The normalized spacial score (nSPS) is 20.3. The van der Waals surface area contributed by atoms with Crippen molar-refractivity contribution < 1.29 is 4.39 Å². The molecule has 0 amide bonds. The van der Waals surface area contributed by atoms with Crippen molar-refractivity contribution in [1.29, 1.82) is 0 Å². The van der Waals surface area contributed by atoms with Gasteiger partial charge in [0.15, 0.2) is 5.96 Å². The van der Waals surface area contributed by atoms with Crippen LogP contribution >= 0.6 is 11.6 Å². The molecule has 144 valence electrons. The Hall–Kier alpha value is -1.33. The van der Waals surface area contributed by atoms with Gasteiger partial charge in [-0.1, -0.05) is 31.5 Å². The molecule has 0 bridgehead atoms. The van der Waals surface area contributed by atoms with E-state index in [2.05, 4.69) is 34.4 Å². The third-order valence-corrected chi connectivity index (χ3v) is 5.83. The molecule has 4 nitrogen and oxygen atoms in total. The Morgan fingerprint density at radius 2 is 1.96 bits per heavy atom. The minimum atomic E-state index is -0.308. The number of aliphatic imine (C=N–C) groups is 1. The standard InChI is InChI=1S/C20H30ClFN4/c1-20(2,17-7-4-14(22)12-18(17)21)13-24-19(23-3)25-15-8-10-26(11-9-15)16-5-6-16/h4,7,12,15-16H,5-6,8-11,13H2,1-3H3,(H2,23,24,25). The van der Waals surface area contributed by atoms with Crippen molar-refractivity contribution >= 4 is 17.6 Å². The highest BCUT2D eigenvalue weighted by Crippen LogP contribution is 2.30. The van der Waals surface area contributed by atoms with Crippen LogP contribution in [0.2, 0.25) is 5.02 Å². The van der Waals surface area contributed by atoms with E-state index in [0.29, 0.717) is 17.6 Å². The molecule has 0 radical (unpaired) electrons. The van der Waals surface area contributed by atoms with Crippen molar-refractivity contribution in [3.8, 4) is 0 Å². The summed E-state index contributed by atoms with van der Waals surface area (Å²) in [5, 5.41) is 7.43. The maximum Gasteiger partial charge on any atom is 0.191 e. The molecule has 2 aliphatic rings. The van der Waals surface area contributed by atoms with Gasteiger partial charge in [-0.2, -0.15) is 0 Å². The summed E-state index contributed by atoms with van der Waals surface area (Å²) in [4.78, 5) is 6.99. The lowest BCUT2D eigenvalue weighted by Crippen LogP contribution is -2.50. The first kappa shape index (κ1) is 19.4. The molecule has 1 aromatic carbocycles. The van der Waals surface area contributed by atoms with E-state index in [9.17, 15) is 4.39 Å². The van der Waals surface area contributed by atoms with E-state index in [0.717, 1.165) is 30.4 Å². The number of nitrogens with zero attached hydrogens (tertiary/aromatic N) is 2. The summed E-state index contributed by atoms with van der Waals surface area (Å²) in [7, 11) is 1.80. The van der Waals surface area contributed by atoms with Crippen LogP contribution < -0.4 is 10.6 Å². The Balaban J connectivity index is 1.51. The van der Waals surface area contributed by atoms with Gasteiger partial charge in [-0.05, 0) is 43.4 Å². The summed E-state index contributed by atoms with van der Waals surface area (Å²) in [6, 6.07) is 5.93. The zero-order valence-corrected chi connectivity index (χ0v) is 16.7. The summed E-state index contributed by atoms with van der Waals surface area (Å²) in [5.74, 6) is 0.513. The Labute approximate surface area is 161 Å². The molecule has 2 N–H and O–H groups in total. The lowest BCUT2D eigenvalue weighted by atomic mass is 9.84. The molecule has 1 aromatic rings. The van der Waals surface area contributed by atoms with Crippen LogP contribution in [0.15, 0.2) is 23.2 Å². The van der Waals surface area contributed by atoms with E-state index < -0.39 is 0 Å². The van der Waals surface area contributed by atoms with Crippen LogP contribution in [-0.4, -0.2) is 49.6 Å². The van der Waals surface area contributed by atoms with Crippen molar-refractivity contribution in [1.82, 2.24) is 15.5 Å². The molecule has 1 aliphatic carbocycles. The van der Waals surface area contributed by atoms with Gasteiger partial charge in [0.05, 0.1) is 0 Å². The zero-order chi connectivity index (χ0) is 18.7. The molecule has 3 rings (SSSR count). The number of likely N-dealkylation sites (tertiary alicyclic amines) is 1. The van der Waals surface area contributed by atoms with Gasteiger partial charge >= 0.3 is 0 Å². The van der Waals surface area contributed by atoms with E-state index in [-0.39, 0.29) is 11.2 Å². The maximum atomic E-state index is 13.3. The smallest absolute Gasteiger partial charge is 0.191 e. The highest BCUT2D eigenvalue weighted by molar-refractivity contribution is 6.31. The van der Waals surface area contributed by atoms with E-state index in [1.807, 2.05) is 0 Å². The van der Waals surface area contributed by atoms with Gasteiger partial charge in [0.1, 0.15) is 5.82 Å². The topological polar surface area (TPSA) is 39.7 Å². The Bertz CT molecular complexity index is 649. The summed E-state index contributed by atoms with van der Waals surface area (Å²) in [5.41, 5.74) is 0.693. The fourth-order valence-corrected chi connectivity index (χ4v) is 4.10. The van der Waals surface area contributed by atoms with Gasteiger partial charge in [-0.3, -0.25) is 4.99 Å². The molecule has 1 saturated heterocycles. The summed E-state index contributed by atoms with van der Waals surface area (Å²) in [6.07, 6.45) is 5.07. The molecule has 26 heavy (non-hydrogen) atoms. The van der Waals surface area contributed by atoms with Crippen molar-refractivity contribution in [3.05, 3.63) is 34.6 Å². The van der Waals surface area contributed by atoms with Gasteiger partial charge in [0.25, 0.3) is 0 Å². The molecular weight excluding hydrogens is 351 g/mol. The number of guanidine groups is 1. The lowest BCUT2D eigenvalue weighted by Gasteiger charge is -2.34. The van der Waals surface area contributed by atoms with Gasteiger partial charge in [0, 0.05) is 49.2 Å². The second-order valence-electron chi connectivity index (χ2n) is 8.12. The quantitative estimate of drug-likeness (QED) is 0.606. The first-order chi connectivity index (χ1) is 12.4. The second-order valence-corrected chi connectivity index (χ2v) is 8.53. The van der Waals surface area contributed by atoms with Crippen LogP contribution in [0.25, 0.3) is 0 Å². The summed E-state index contributed by atoms with van der Waals surface area (Å²) in [6.45, 7) is 7.21. The van der Waals surface area contributed by atoms with E-state index >= 15 is 0 Å². The lowest BCUT2D eigenvalue weighted by molar-refractivity contribution is 0.197. The van der Waals surface area contributed by atoms with E-state index in [4.69, 9.17) is 11.6 Å². The predicted molar refractivity (Wildman–Crippen MR) is 107 cm³/mol. The highest BCUT2D eigenvalue weighted by atomic mass is 35.5. The van der Waals surface area contributed by atoms with Gasteiger partial charge in [-0.25, -0.2) is 4.39 Å². The number of piperidine rings is 1. The number of hydrogen-bond donors (Lipinski definition) is 2. The van der Waals surface area contributed by atoms with Crippen molar-refractivity contribution in [2.45, 2.75) is 57.0 Å². The predicted octanol–water partition coefficient (Wildman–Crippen LogP) is 3.55. The van der Waals surface area contributed by atoms with Crippen LogP contribution in [0, 0.1) is 5.82 Å². The van der Waals surface area contributed by atoms with Crippen LogP contribution in [0.3, 0.4) is 0 Å². The molecule has 1 heterocycles. The van der Waals surface area contributed by atoms with Gasteiger partial charge < -0.3 is 15.5 Å². The number of hydrogen-bond acceptors (Lipinski definition) is 2. The molecular formula is C20H30ClFN4. The molecule has 0 aromatic heterocycles. The highest BCUT2D eigenvalue weighted by Gasteiger charge is 2.32. The molecule has 6 heteroatoms. The minimum absolute atomic E-state index is 0.238. The van der Waals surface area contributed by atoms with Gasteiger partial charge in [0.2, 0.25) is 0 Å². The van der Waals surface area contributed by atoms with E-state index in [1.54, 1.807) is 13.1 Å². The monoisotopic (exact) mass is 380 g/mol. The van der Waals surface area contributed by atoms with Crippen molar-refractivity contribution in [2.24, 2.45) is 4.99 Å².